The number of nitrogens with zero attached hydrogens (tertiary/aromatic N) is 2. The zero-order valence-corrected chi connectivity index (χ0v) is 10.1. The predicted octanol–water partition coefficient (Wildman–Crippen LogP) is 2.27. The average molecular weight is 228 g/mol. The zero-order valence-electron chi connectivity index (χ0n) is 9.39. The van der Waals surface area contributed by atoms with Crippen LogP contribution in [-0.4, -0.2) is 16.3 Å². The third-order valence-electron chi connectivity index (χ3n) is 3.00. The Morgan fingerprint density at radius 3 is 2.80 bits per heavy atom. The molecule has 1 fully saturated rings. The first-order valence-corrected chi connectivity index (χ1v) is 5.95. The van der Waals surface area contributed by atoms with Crippen molar-refractivity contribution in [1.82, 2.24) is 15.1 Å². The summed E-state index contributed by atoms with van der Waals surface area (Å²) < 4.78 is 1.73. The Labute approximate surface area is 95.8 Å². The molecule has 0 unspecified atom stereocenters. The van der Waals surface area contributed by atoms with E-state index >= 15 is 0 Å². The van der Waals surface area contributed by atoms with Crippen LogP contribution in [0.3, 0.4) is 0 Å². The molecular formula is C11H18ClN3. The molecule has 3 nitrogen and oxygen atoms in total. The highest BCUT2D eigenvalue weighted by molar-refractivity contribution is 6.30. The summed E-state index contributed by atoms with van der Waals surface area (Å²) >= 11 is 6.13. The van der Waals surface area contributed by atoms with E-state index < -0.39 is 0 Å². The number of nitrogens with one attached hydrogen (secondary N) is 1. The molecule has 0 radical (unpaired) electrons. The average Bonchev–Trinajstić information content (AvgIpc) is 2.96. The lowest BCUT2D eigenvalue weighted by Gasteiger charge is -2.03. The van der Waals surface area contributed by atoms with Crippen LogP contribution in [-0.2, 0) is 13.6 Å². The number of aromatic nitrogens is 2. The molecule has 0 amide bonds. The molecule has 2 rings (SSSR count). The van der Waals surface area contributed by atoms with Gasteiger partial charge in [0.2, 0.25) is 0 Å². The smallest absolute Gasteiger partial charge is 0.131 e. The van der Waals surface area contributed by atoms with Crippen molar-refractivity contribution in [3.05, 3.63) is 16.4 Å². The maximum Gasteiger partial charge on any atom is 0.131 e. The second-order valence-electron chi connectivity index (χ2n) is 4.39. The second kappa shape index (κ2) is 4.54. The van der Waals surface area contributed by atoms with E-state index in [1.165, 1.54) is 19.3 Å². The fourth-order valence-corrected chi connectivity index (χ4v) is 2.04. The summed E-state index contributed by atoms with van der Waals surface area (Å²) in [6.45, 7) is 3.93. The standard InChI is InChI=1S/C11H18ClN3/c1-8-10(11(12)15(2)14-8)7-13-6-5-9-3-4-9/h9,13H,3-7H2,1-2H3. The van der Waals surface area contributed by atoms with E-state index in [2.05, 4.69) is 10.4 Å². The van der Waals surface area contributed by atoms with Crippen molar-refractivity contribution in [3.63, 3.8) is 0 Å². The summed E-state index contributed by atoms with van der Waals surface area (Å²) in [6, 6.07) is 0. The minimum absolute atomic E-state index is 0.756. The monoisotopic (exact) mass is 227 g/mol. The van der Waals surface area contributed by atoms with Gasteiger partial charge in [-0.25, -0.2) is 0 Å². The van der Waals surface area contributed by atoms with Crippen molar-refractivity contribution in [2.75, 3.05) is 6.54 Å². The largest absolute Gasteiger partial charge is 0.312 e. The van der Waals surface area contributed by atoms with Crippen LogP contribution in [0.4, 0.5) is 0 Å². The Kier molecular flexibility index (Phi) is 3.32. The molecule has 15 heavy (non-hydrogen) atoms. The predicted molar refractivity (Wildman–Crippen MR) is 62.0 cm³/mol. The van der Waals surface area contributed by atoms with Crippen molar-refractivity contribution >= 4 is 11.6 Å². The van der Waals surface area contributed by atoms with Gasteiger partial charge < -0.3 is 5.32 Å². The van der Waals surface area contributed by atoms with Crippen LogP contribution in [0.25, 0.3) is 0 Å². The lowest BCUT2D eigenvalue weighted by molar-refractivity contribution is 0.611. The van der Waals surface area contributed by atoms with Crippen molar-refractivity contribution < 1.29 is 0 Å². The highest BCUT2D eigenvalue weighted by atomic mass is 35.5. The van der Waals surface area contributed by atoms with Crippen LogP contribution in [0.15, 0.2) is 0 Å². The number of aryl methyl sites for hydroxylation is 2. The molecule has 1 saturated carbocycles. The van der Waals surface area contributed by atoms with Crippen molar-refractivity contribution in [2.45, 2.75) is 32.7 Å². The van der Waals surface area contributed by atoms with Crippen LogP contribution in [0.2, 0.25) is 5.15 Å². The van der Waals surface area contributed by atoms with Crippen LogP contribution in [0.5, 0.6) is 0 Å². The first-order valence-electron chi connectivity index (χ1n) is 5.57. The molecule has 1 N–H and O–H groups in total. The van der Waals surface area contributed by atoms with Gasteiger partial charge in [0, 0.05) is 19.2 Å². The van der Waals surface area contributed by atoms with Gasteiger partial charge in [-0.15, -0.1) is 0 Å². The van der Waals surface area contributed by atoms with Gasteiger partial charge >= 0.3 is 0 Å². The SMILES string of the molecule is Cc1nn(C)c(Cl)c1CNCCC1CC1. The van der Waals surface area contributed by atoms with Gasteiger partial charge in [0.15, 0.2) is 0 Å². The van der Waals surface area contributed by atoms with Gasteiger partial charge in [0.1, 0.15) is 5.15 Å². The summed E-state index contributed by atoms with van der Waals surface area (Å²) in [4.78, 5) is 0. The van der Waals surface area contributed by atoms with Gasteiger partial charge in [0.05, 0.1) is 5.69 Å². The lowest BCUT2D eigenvalue weighted by Crippen LogP contribution is -2.15. The normalized spacial score (nSPS) is 15.9. The van der Waals surface area contributed by atoms with Gasteiger partial charge in [-0.1, -0.05) is 24.4 Å². The molecule has 0 bridgehead atoms. The zero-order chi connectivity index (χ0) is 10.8. The highest BCUT2D eigenvalue weighted by Crippen LogP contribution is 2.31. The molecule has 4 heteroatoms. The Balaban J connectivity index is 1.81. The molecule has 1 aliphatic rings. The quantitative estimate of drug-likeness (QED) is 0.783. The van der Waals surface area contributed by atoms with Gasteiger partial charge in [-0.05, 0) is 25.8 Å². The minimum atomic E-state index is 0.756. The molecule has 0 saturated heterocycles. The number of rotatable bonds is 5. The Hall–Kier alpha value is -0.540. The third kappa shape index (κ3) is 2.73. The van der Waals surface area contributed by atoms with Crippen molar-refractivity contribution in [3.8, 4) is 0 Å². The summed E-state index contributed by atoms with van der Waals surface area (Å²) in [6.07, 6.45) is 4.15. The molecule has 1 aromatic heterocycles. The molecule has 1 aliphatic carbocycles. The van der Waals surface area contributed by atoms with E-state index in [-0.39, 0.29) is 0 Å². The number of halogens is 1. The van der Waals surface area contributed by atoms with E-state index in [1.807, 2.05) is 14.0 Å². The van der Waals surface area contributed by atoms with Crippen molar-refractivity contribution in [1.29, 1.82) is 0 Å². The first-order chi connectivity index (χ1) is 7.18. The summed E-state index contributed by atoms with van der Waals surface area (Å²) in [5, 5.41) is 8.47. The van der Waals surface area contributed by atoms with E-state index in [9.17, 15) is 0 Å². The maximum absolute atomic E-state index is 6.13. The summed E-state index contributed by atoms with van der Waals surface area (Å²) in [7, 11) is 1.88. The van der Waals surface area contributed by atoms with Gasteiger partial charge in [-0.2, -0.15) is 5.10 Å². The fraction of sp³-hybridized carbons (Fsp3) is 0.727. The number of hydrogen-bond donors (Lipinski definition) is 1. The Morgan fingerprint density at radius 2 is 2.27 bits per heavy atom. The van der Waals surface area contributed by atoms with E-state index in [4.69, 9.17) is 11.6 Å². The van der Waals surface area contributed by atoms with Crippen molar-refractivity contribution in [2.24, 2.45) is 13.0 Å². The topological polar surface area (TPSA) is 29.9 Å². The Bertz CT molecular complexity index is 342. The number of hydrogen-bond acceptors (Lipinski definition) is 2. The molecule has 84 valence electrons. The molecular weight excluding hydrogens is 210 g/mol. The van der Waals surface area contributed by atoms with Crippen LogP contribution >= 0.6 is 11.6 Å². The third-order valence-corrected chi connectivity index (χ3v) is 3.47. The maximum atomic E-state index is 6.13. The van der Waals surface area contributed by atoms with Crippen LogP contribution < -0.4 is 5.32 Å². The summed E-state index contributed by atoms with van der Waals surface area (Å²) in [5.41, 5.74) is 2.16. The molecule has 0 spiro atoms. The molecule has 0 aromatic carbocycles. The van der Waals surface area contributed by atoms with Crippen LogP contribution in [0.1, 0.15) is 30.5 Å². The molecule has 0 aliphatic heterocycles. The van der Waals surface area contributed by atoms with E-state index in [1.54, 1.807) is 4.68 Å². The lowest BCUT2D eigenvalue weighted by atomic mass is 10.2. The van der Waals surface area contributed by atoms with Crippen LogP contribution in [0, 0.1) is 12.8 Å². The van der Waals surface area contributed by atoms with Gasteiger partial charge in [-0.3, -0.25) is 4.68 Å². The molecule has 1 aromatic rings. The summed E-state index contributed by atoms with van der Waals surface area (Å²) in [5.74, 6) is 0.989. The fourth-order valence-electron chi connectivity index (χ4n) is 1.80. The Morgan fingerprint density at radius 1 is 1.53 bits per heavy atom. The van der Waals surface area contributed by atoms with E-state index in [0.717, 1.165) is 35.4 Å². The highest BCUT2D eigenvalue weighted by Gasteiger charge is 2.20. The van der Waals surface area contributed by atoms with Gasteiger partial charge in [0.25, 0.3) is 0 Å². The molecule has 1 heterocycles. The first kappa shape index (κ1) is 11.0. The minimum Gasteiger partial charge on any atom is -0.312 e. The van der Waals surface area contributed by atoms with E-state index in [0.29, 0.717) is 0 Å². The second-order valence-corrected chi connectivity index (χ2v) is 4.75. The molecule has 0 atom stereocenters.